The molecule has 0 saturated carbocycles. The zero-order chi connectivity index (χ0) is 12.0. The Labute approximate surface area is 95.9 Å². The molecule has 1 heterocycles. The Hall–Kier alpha value is -1.42. The first-order valence-electron chi connectivity index (χ1n) is 5.48. The molecule has 0 fully saturated rings. The number of hydrogen-bond donors (Lipinski definition) is 1. The normalized spacial score (nSPS) is 12.7. The Balaban J connectivity index is 2.46. The molecule has 1 aromatic heterocycles. The first-order chi connectivity index (χ1) is 7.65. The minimum absolute atomic E-state index is 0.399. The van der Waals surface area contributed by atoms with Crippen LogP contribution in [0.15, 0.2) is 24.4 Å². The molecule has 0 saturated heterocycles. The van der Waals surface area contributed by atoms with Crippen molar-refractivity contribution < 1.29 is 9.90 Å². The number of aliphatic carboxylic acids is 1. The molecule has 88 valence electrons. The fourth-order valence-electron chi connectivity index (χ4n) is 1.67. The van der Waals surface area contributed by atoms with Crippen LogP contribution >= 0.6 is 0 Å². The molecular weight excluding hydrogens is 204 g/mol. The lowest BCUT2D eigenvalue weighted by atomic mass is 10.2. The fourth-order valence-corrected chi connectivity index (χ4v) is 1.67. The summed E-state index contributed by atoms with van der Waals surface area (Å²) in [7, 11) is 1.84. The standard InChI is InChI=1S/C12H18N2O2/c1-3-11(12(15)16)14(2)9-7-10-6-4-5-8-13-10/h4-6,8,11H,3,7,9H2,1-2H3,(H,15,16). The van der Waals surface area contributed by atoms with Crippen molar-refractivity contribution in [1.82, 2.24) is 9.88 Å². The van der Waals surface area contributed by atoms with E-state index in [4.69, 9.17) is 5.11 Å². The molecule has 1 N–H and O–H groups in total. The maximum atomic E-state index is 10.9. The van der Waals surface area contributed by atoms with Crippen LogP contribution in [0.25, 0.3) is 0 Å². The van der Waals surface area contributed by atoms with Gasteiger partial charge in [0, 0.05) is 24.9 Å². The molecule has 0 spiro atoms. The van der Waals surface area contributed by atoms with Gasteiger partial charge in [-0.3, -0.25) is 14.7 Å². The number of nitrogens with zero attached hydrogens (tertiary/aromatic N) is 2. The predicted molar refractivity (Wildman–Crippen MR) is 62.3 cm³/mol. The van der Waals surface area contributed by atoms with Gasteiger partial charge in [-0.1, -0.05) is 13.0 Å². The number of pyridine rings is 1. The monoisotopic (exact) mass is 222 g/mol. The summed E-state index contributed by atoms with van der Waals surface area (Å²) in [6.45, 7) is 2.60. The van der Waals surface area contributed by atoms with E-state index in [1.807, 2.05) is 37.1 Å². The average Bonchev–Trinajstić information content (AvgIpc) is 2.28. The van der Waals surface area contributed by atoms with Gasteiger partial charge >= 0.3 is 5.97 Å². The van der Waals surface area contributed by atoms with Gasteiger partial charge in [0.25, 0.3) is 0 Å². The minimum atomic E-state index is -0.758. The zero-order valence-corrected chi connectivity index (χ0v) is 9.76. The molecule has 0 aliphatic heterocycles. The Morgan fingerprint density at radius 2 is 2.31 bits per heavy atom. The number of hydrogen-bond acceptors (Lipinski definition) is 3. The van der Waals surface area contributed by atoms with Crippen LogP contribution in [0.2, 0.25) is 0 Å². The van der Waals surface area contributed by atoms with Crippen LogP contribution in [0.1, 0.15) is 19.0 Å². The summed E-state index contributed by atoms with van der Waals surface area (Å²) in [5.41, 5.74) is 0.995. The summed E-state index contributed by atoms with van der Waals surface area (Å²) in [5.74, 6) is -0.758. The third-order valence-corrected chi connectivity index (χ3v) is 2.65. The van der Waals surface area contributed by atoms with Gasteiger partial charge in [-0.25, -0.2) is 0 Å². The fraction of sp³-hybridized carbons (Fsp3) is 0.500. The predicted octanol–water partition coefficient (Wildman–Crippen LogP) is 1.42. The van der Waals surface area contributed by atoms with E-state index in [9.17, 15) is 4.79 Å². The molecule has 1 rings (SSSR count). The SMILES string of the molecule is CCC(C(=O)O)N(C)CCc1ccccn1. The van der Waals surface area contributed by atoms with Gasteiger partial charge in [0.2, 0.25) is 0 Å². The summed E-state index contributed by atoms with van der Waals surface area (Å²) in [6.07, 6.45) is 3.15. The van der Waals surface area contributed by atoms with Crippen molar-refractivity contribution in [2.75, 3.05) is 13.6 Å². The van der Waals surface area contributed by atoms with Crippen LogP contribution in [0.5, 0.6) is 0 Å². The molecular formula is C12H18N2O2. The maximum absolute atomic E-state index is 10.9. The lowest BCUT2D eigenvalue weighted by molar-refractivity contribution is -0.142. The first-order valence-corrected chi connectivity index (χ1v) is 5.48. The number of carboxylic acids is 1. The molecule has 0 bridgehead atoms. The van der Waals surface area contributed by atoms with Crippen molar-refractivity contribution in [1.29, 1.82) is 0 Å². The molecule has 0 aromatic carbocycles. The average molecular weight is 222 g/mol. The Bertz CT molecular complexity index is 327. The second-order valence-electron chi connectivity index (χ2n) is 3.81. The number of likely N-dealkylation sites (N-methyl/N-ethyl adjacent to an activating group) is 1. The Kier molecular flexibility index (Phi) is 4.92. The second kappa shape index (κ2) is 6.23. The number of aromatic nitrogens is 1. The smallest absolute Gasteiger partial charge is 0.320 e. The highest BCUT2D eigenvalue weighted by atomic mass is 16.4. The molecule has 1 unspecified atom stereocenters. The van der Waals surface area contributed by atoms with Gasteiger partial charge in [-0.15, -0.1) is 0 Å². The molecule has 0 amide bonds. The van der Waals surface area contributed by atoms with Crippen molar-refractivity contribution in [3.63, 3.8) is 0 Å². The van der Waals surface area contributed by atoms with Crippen LogP contribution in [0.3, 0.4) is 0 Å². The Morgan fingerprint density at radius 3 is 2.81 bits per heavy atom. The quantitative estimate of drug-likeness (QED) is 0.791. The van der Waals surface area contributed by atoms with E-state index in [2.05, 4.69) is 4.98 Å². The van der Waals surface area contributed by atoms with Crippen molar-refractivity contribution in [3.05, 3.63) is 30.1 Å². The highest BCUT2D eigenvalue weighted by molar-refractivity contribution is 5.73. The maximum Gasteiger partial charge on any atom is 0.320 e. The van der Waals surface area contributed by atoms with Crippen LogP contribution in [-0.2, 0) is 11.2 Å². The van der Waals surface area contributed by atoms with Crippen LogP contribution in [0, 0.1) is 0 Å². The van der Waals surface area contributed by atoms with Crippen LogP contribution < -0.4 is 0 Å². The first kappa shape index (κ1) is 12.6. The molecule has 0 aliphatic carbocycles. The highest BCUT2D eigenvalue weighted by Gasteiger charge is 2.19. The molecule has 16 heavy (non-hydrogen) atoms. The van der Waals surface area contributed by atoms with E-state index in [0.717, 1.165) is 12.1 Å². The largest absolute Gasteiger partial charge is 0.480 e. The van der Waals surface area contributed by atoms with Gasteiger partial charge in [0.1, 0.15) is 6.04 Å². The molecule has 0 aliphatic rings. The zero-order valence-electron chi connectivity index (χ0n) is 9.76. The van der Waals surface area contributed by atoms with E-state index in [0.29, 0.717) is 13.0 Å². The molecule has 4 nitrogen and oxygen atoms in total. The molecule has 1 aromatic rings. The minimum Gasteiger partial charge on any atom is -0.480 e. The van der Waals surface area contributed by atoms with Crippen molar-refractivity contribution in [2.45, 2.75) is 25.8 Å². The van der Waals surface area contributed by atoms with E-state index in [-0.39, 0.29) is 0 Å². The highest BCUT2D eigenvalue weighted by Crippen LogP contribution is 2.04. The molecule has 0 radical (unpaired) electrons. The summed E-state index contributed by atoms with van der Waals surface area (Å²) in [5, 5.41) is 8.98. The summed E-state index contributed by atoms with van der Waals surface area (Å²) >= 11 is 0. The molecule has 1 atom stereocenters. The van der Waals surface area contributed by atoms with Gasteiger partial charge in [-0.05, 0) is 25.6 Å². The van der Waals surface area contributed by atoms with Gasteiger partial charge in [-0.2, -0.15) is 0 Å². The summed E-state index contributed by atoms with van der Waals surface area (Å²) in [4.78, 5) is 17.0. The van der Waals surface area contributed by atoms with Crippen molar-refractivity contribution in [3.8, 4) is 0 Å². The van der Waals surface area contributed by atoms with Crippen molar-refractivity contribution in [2.24, 2.45) is 0 Å². The van der Waals surface area contributed by atoms with Gasteiger partial charge in [0.15, 0.2) is 0 Å². The van der Waals surface area contributed by atoms with E-state index >= 15 is 0 Å². The van der Waals surface area contributed by atoms with Crippen LogP contribution in [-0.4, -0.2) is 40.6 Å². The summed E-state index contributed by atoms with van der Waals surface area (Å²) in [6, 6.07) is 5.37. The van der Waals surface area contributed by atoms with Gasteiger partial charge < -0.3 is 5.11 Å². The lowest BCUT2D eigenvalue weighted by Crippen LogP contribution is -2.39. The lowest BCUT2D eigenvalue weighted by Gasteiger charge is -2.23. The second-order valence-corrected chi connectivity index (χ2v) is 3.81. The topological polar surface area (TPSA) is 53.4 Å². The van der Waals surface area contributed by atoms with E-state index in [1.54, 1.807) is 6.20 Å². The Morgan fingerprint density at radius 1 is 1.56 bits per heavy atom. The number of carbonyl (C=O) groups is 1. The van der Waals surface area contributed by atoms with Crippen molar-refractivity contribution >= 4 is 5.97 Å². The van der Waals surface area contributed by atoms with Gasteiger partial charge in [0.05, 0.1) is 0 Å². The van der Waals surface area contributed by atoms with Crippen LogP contribution in [0.4, 0.5) is 0 Å². The summed E-state index contributed by atoms with van der Waals surface area (Å²) < 4.78 is 0. The third kappa shape index (κ3) is 3.62. The molecule has 4 heteroatoms. The number of rotatable bonds is 6. The van der Waals surface area contributed by atoms with E-state index < -0.39 is 12.0 Å². The van der Waals surface area contributed by atoms with E-state index in [1.165, 1.54) is 0 Å². The number of carboxylic acid groups (broad SMARTS) is 1. The third-order valence-electron chi connectivity index (χ3n) is 2.65.